The molecule has 0 bridgehead atoms. The number of nitrogens with one attached hydrogen (secondary N) is 2. The van der Waals surface area contributed by atoms with E-state index in [1.807, 2.05) is 0 Å². The third kappa shape index (κ3) is 3.59. The molecule has 2 rings (SSSR count). The number of ether oxygens (including phenoxy) is 1. The second kappa shape index (κ2) is 5.77. The van der Waals surface area contributed by atoms with Gasteiger partial charge in [0.15, 0.2) is 0 Å². The zero-order chi connectivity index (χ0) is 13.9. The van der Waals surface area contributed by atoms with E-state index >= 15 is 0 Å². The summed E-state index contributed by atoms with van der Waals surface area (Å²) in [6.07, 6.45) is 5.40. The molecule has 0 radical (unpaired) electrons. The molecule has 2 atom stereocenters. The molecule has 0 aromatic carbocycles. The van der Waals surface area contributed by atoms with Gasteiger partial charge in [-0.05, 0) is 38.5 Å². The summed E-state index contributed by atoms with van der Waals surface area (Å²) in [4.78, 5) is 22.8. The van der Waals surface area contributed by atoms with E-state index in [9.17, 15) is 9.59 Å². The van der Waals surface area contributed by atoms with Gasteiger partial charge in [0.1, 0.15) is 0 Å². The quantitative estimate of drug-likeness (QED) is 0.701. The van der Waals surface area contributed by atoms with Gasteiger partial charge in [-0.25, -0.2) is 4.79 Å². The third-order valence-corrected chi connectivity index (χ3v) is 4.23. The van der Waals surface area contributed by atoms with Crippen LogP contribution < -0.4 is 10.6 Å². The van der Waals surface area contributed by atoms with Crippen molar-refractivity contribution in [3.05, 3.63) is 0 Å². The molecule has 2 fully saturated rings. The Bertz CT molecular complexity index is 355. The summed E-state index contributed by atoms with van der Waals surface area (Å²) in [5.74, 6) is -0.861. The van der Waals surface area contributed by atoms with Crippen molar-refractivity contribution in [3.8, 4) is 0 Å². The zero-order valence-electron chi connectivity index (χ0n) is 11.3. The molecule has 2 amide bonds. The van der Waals surface area contributed by atoms with Crippen LogP contribution in [0.1, 0.15) is 44.9 Å². The summed E-state index contributed by atoms with van der Waals surface area (Å²) in [5.41, 5.74) is -0.533. The maximum atomic E-state index is 11.9. The van der Waals surface area contributed by atoms with E-state index in [4.69, 9.17) is 9.84 Å². The predicted octanol–water partition coefficient (Wildman–Crippen LogP) is 1.25. The van der Waals surface area contributed by atoms with Gasteiger partial charge in [0.05, 0.1) is 18.1 Å². The SMILES string of the molecule is COC1CCC(NC(=O)NC2(CC(=O)O)CCC2)C1. The maximum Gasteiger partial charge on any atom is 0.315 e. The Morgan fingerprint density at radius 2 is 2.11 bits per heavy atom. The first kappa shape index (κ1) is 14.1. The van der Waals surface area contributed by atoms with Crippen molar-refractivity contribution in [2.24, 2.45) is 0 Å². The number of carbonyl (C=O) groups is 2. The number of carboxylic acids is 1. The molecular formula is C13H22N2O4. The Morgan fingerprint density at radius 1 is 1.37 bits per heavy atom. The van der Waals surface area contributed by atoms with Crippen molar-refractivity contribution >= 4 is 12.0 Å². The standard InChI is InChI=1S/C13H22N2O4/c1-19-10-4-3-9(7-10)14-12(18)15-13(5-2-6-13)8-11(16)17/h9-10H,2-8H2,1H3,(H,16,17)(H2,14,15,18). The van der Waals surface area contributed by atoms with Crippen molar-refractivity contribution in [2.45, 2.75) is 62.6 Å². The van der Waals surface area contributed by atoms with Gasteiger partial charge in [-0.15, -0.1) is 0 Å². The van der Waals surface area contributed by atoms with E-state index in [0.717, 1.165) is 38.5 Å². The Balaban J connectivity index is 1.79. The lowest BCUT2D eigenvalue weighted by molar-refractivity contribution is -0.139. The first-order valence-corrected chi connectivity index (χ1v) is 6.86. The summed E-state index contributed by atoms with van der Waals surface area (Å²) >= 11 is 0. The molecule has 2 aliphatic rings. The summed E-state index contributed by atoms with van der Waals surface area (Å²) in [6.45, 7) is 0. The van der Waals surface area contributed by atoms with Crippen LogP contribution in [0, 0.1) is 0 Å². The summed E-state index contributed by atoms with van der Waals surface area (Å²) in [6, 6.07) is -0.116. The normalized spacial score (nSPS) is 28.5. The zero-order valence-corrected chi connectivity index (χ0v) is 11.3. The largest absolute Gasteiger partial charge is 0.481 e. The Kier molecular flexibility index (Phi) is 4.29. The number of carbonyl (C=O) groups excluding carboxylic acids is 1. The van der Waals surface area contributed by atoms with Crippen LogP contribution in [0.25, 0.3) is 0 Å². The number of amides is 2. The molecule has 0 aliphatic heterocycles. The molecule has 0 spiro atoms. The summed E-state index contributed by atoms with van der Waals surface area (Å²) in [5, 5.41) is 14.7. The van der Waals surface area contributed by atoms with Gasteiger partial charge in [0.2, 0.25) is 0 Å². The molecule has 3 N–H and O–H groups in total. The molecule has 0 aromatic heterocycles. The fourth-order valence-corrected chi connectivity index (χ4v) is 2.99. The highest BCUT2D eigenvalue weighted by Crippen LogP contribution is 2.34. The molecule has 19 heavy (non-hydrogen) atoms. The van der Waals surface area contributed by atoms with Crippen molar-refractivity contribution in [1.82, 2.24) is 10.6 Å². The van der Waals surface area contributed by atoms with Crippen LogP contribution >= 0.6 is 0 Å². The second-order valence-corrected chi connectivity index (χ2v) is 5.67. The molecule has 0 heterocycles. The van der Waals surface area contributed by atoms with E-state index in [1.54, 1.807) is 7.11 Å². The minimum absolute atomic E-state index is 0.00574. The molecule has 6 heteroatoms. The Hall–Kier alpha value is -1.30. The van der Waals surface area contributed by atoms with Gasteiger partial charge in [-0.2, -0.15) is 0 Å². The van der Waals surface area contributed by atoms with E-state index in [2.05, 4.69) is 10.6 Å². The van der Waals surface area contributed by atoms with Crippen LogP contribution in [0.2, 0.25) is 0 Å². The van der Waals surface area contributed by atoms with E-state index in [1.165, 1.54) is 0 Å². The van der Waals surface area contributed by atoms with Crippen LogP contribution in [-0.4, -0.2) is 41.9 Å². The van der Waals surface area contributed by atoms with Gasteiger partial charge >= 0.3 is 12.0 Å². The average Bonchev–Trinajstić information content (AvgIpc) is 2.73. The molecule has 2 aliphatic carbocycles. The molecule has 108 valence electrons. The fourth-order valence-electron chi connectivity index (χ4n) is 2.99. The molecular weight excluding hydrogens is 248 g/mol. The lowest BCUT2D eigenvalue weighted by Gasteiger charge is -2.41. The minimum atomic E-state index is -0.861. The van der Waals surface area contributed by atoms with Crippen LogP contribution in [0.4, 0.5) is 4.79 Å². The molecule has 0 saturated heterocycles. The number of hydrogen-bond donors (Lipinski definition) is 3. The lowest BCUT2D eigenvalue weighted by atomic mass is 9.74. The van der Waals surface area contributed by atoms with E-state index in [0.29, 0.717) is 0 Å². The van der Waals surface area contributed by atoms with Gasteiger partial charge in [-0.1, -0.05) is 0 Å². The van der Waals surface area contributed by atoms with E-state index < -0.39 is 11.5 Å². The van der Waals surface area contributed by atoms with E-state index in [-0.39, 0.29) is 24.6 Å². The summed E-state index contributed by atoms with van der Waals surface area (Å²) in [7, 11) is 1.68. The van der Waals surface area contributed by atoms with Crippen molar-refractivity contribution < 1.29 is 19.4 Å². The van der Waals surface area contributed by atoms with Crippen LogP contribution in [-0.2, 0) is 9.53 Å². The fraction of sp³-hybridized carbons (Fsp3) is 0.846. The number of urea groups is 1. The number of methoxy groups -OCH3 is 1. The molecule has 2 unspecified atom stereocenters. The van der Waals surface area contributed by atoms with Crippen LogP contribution in [0.15, 0.2) is 0 Å². The topological polar surface area (TPSA) is 87.7 Å². The highest BCUT2D eigenvalue weighted by Gasteiger charge is 2.40. The molecule has 6 nitrogen and oxygen atoms in total. The van der Waals surface area contributed by atoms with Gasteiger partial charge in [0.25, 0.3) is 0 Å². The van der Waals surface area contributed by atoms with Crippen LogP contribution in [0.3, 0.4) is 0 Å². The number of aliphatic carboxylic acids is 1. The van der Waals surface area contributed by atoms with Crippen molar-refractivity contribution in [1.29, 1.82) is 0 Å². The maximum absolute atomic E-state index is 11.9. The first-order valence-electron chi connectivity index (χ1n) is 6.86. The van der Waals surface area contributed by atoms with Gasteiger partial charge in [-0.3, -0.25) is 4.79 Å². The Morgan fingerprint density at radius 3 is 2.58 bits per heavy atom. The summed E-state index contributed by atoms with van der Waals surface area (Å²) < 4.78 is 5.26. The molecule has 2 saturated carbocycles. The monoisotopic (exact) mass is 270 g/mol. The Labute approximate surface area is 112 Å². The van der Waals surface area contributed by atoms with Gasteiger partial charge in [0, 0.05) is 13.2 Å². The predicted molar refractivity (Wildman–Crippen MR) is 68.9 cm³/mol. The lowest BCUT2D eigenvalue weighted by Crippen LogP contribution is -2.58. The van der Waals surface area contributed by atoms with Crippen molar-refractivity contribution in [2.75, 3.05) is 7.11 Å². The number of rotatable bonds is 5. The molecule has 0 aromatic rings. The van der Waals surface area contributed by atoms with Crippen LogP contribution in [0.5, 0.6) is 0 Å². The smallest absolute Gasteiger partial charge is 0.315 e. The second-order valence-electron chi connectivity index (χ2n) is 5.67. The minimum Gasteiger partial charge on any atom is -0.481 e. The number of carboxylic acid groups (broad SMARTS) is 1. The highest BCUT2D eigenvalue weighted by molar-refractivity contribution is 5.77. The first-order chi connectivity index (χ1) is 9.03. The highest BCUT2D eigenvalue weighted by atomic mass is 16.5. The third-order valence-electron chi connectivity index (χ3n) is 4.23. The number of hydrogen-bond acceptors (Lipinski definition) is 3. The van der Waals surface area contributed by atoms with Crippen molar-refractivity contribution in [3.63, 3.8) is 0 Å². The average molecular weight is 270 g/mol. The van der Waals surface area contributed by atoms with Gasteiger partial charge < -0.3 is 20.5 Å².